The van der Waals surface area contributed by atoms with Crippen LogP contribution in [0, 0.1) is 0 Å². The van der Waals surface area contributed by atoms with Gasteiger partial charge in [0.1, 0.15) is 11.6 Å². The molecule has 0 saturated heterocycles. The van der Waals surface area contributed by atoms with Crippen LogP contribution in [-0.4, -0.2) is 50.4 Å². The first-order valence-electron chi connectivity index (χ1n) is 12.7. The minimum Gasteiger partial charge on any atom is -0.496 e. The molecule has 8 nitrogen and oxygen atoms in total. The number of fused-ring (bicyclic) bond motifs is 1. The third kappa shape index (κ3) is 6.02. The molecule has 0 fully saturated rings. The number of carbonyl (C=O) groups is 1. The molecule has 0 radical (unpaired) electrons. The van der Waals surface area contributed by atoms with Crippen molar-refractivity contribution in [2.24, 2.45) is 0 Å². The van der Waals surface area contributed by atoms with Gasteiger partial charge in [-0.25, -0.2) is 4.98 Å². The summed E-state index contributed by atoms with van der Waals surface area (Å²) in [6.45, 7) is 1.28. The molecule has 0 bridgehead atoms. The second kappa shape index (κ2) is 12.9. The van der Waals surface area contributed by atoms with E-state index in [0.29, 0.717) is 35.9 Å². The number of rotatable bonds is 13. The average Bonchev–Trinajstić information content (AvgIpc) is 3.30. The third-order valence-corrected chi connectivity index (χ3v) is 6.54. The lowest BCUT2D eigenvalue weighted by Crippen LogP contribution is -2.24. The van der Waals surface area contributed by atoms with Crippen LogP contribution in [0.5, 0.6) is 23.0 Å². The Kier molecular flexibility index (Phi) is 9.08. The molecule has 1 heterocycles. The molecule has 200 valence electrons. The molecule has 1 N–H and O–H groups in total. The normalized spacial score (nSPS) is 10.8. The van der Waals surface area contributed by atoms with E-state index in [-0.39, 0.29) is 5.91 Å². The van der Waals surface area contributed by atoms with Gasteiger partial charge in [-0.05, 0) is 43.2 Å². The number of imidazole rings is 1. The molecular weight excluding hydrogens is 482 g/mol. The number of hydrogen-bond donors (Lipinski definition) is 1. The molecule has 4 rings (SSSR count). The highest BCUT2D eigenvalue weighted by molar-refractivity contribution is 5.95. The van der Waals surface area contributed by atoms with E-state index in [4.69, 9.17) is 23.9 Å². The fraction of sp³-hybridized carbons (Fsp3) is 0.333. The summed E-state index contributed by atoms with van der Waals surface area (Å²) in [5.74, 6) is 3.12. The molecule has 8 heteroatoms. The largest absolute Gasteiger partial charge is 0.496 e. The van der Waals surface area contributed by atoms with Crippen LogP contribution in [0.3, 0.4) is 0 Å². The van der Waals surface area contributed by atoms with Gasteiger partial charge < -0.3 is 28.8 Å². The SMILES string of the molecule is COc1ccccc1Cn1c(CCCCCNC(=O)c2cc(OC)c(OC)c(OC)c2)nc2ccccc21. The van der Waals surface area contributed by atoms with Crippen LogP contribution in [0.4, 0.5) is 0 Å². The monoisotopic (exact) mass is 517 g/mol. The molecule has 0 aliphatic heterocycles. The van der Waals surface area contributed by atoms with Gasteiger partial charge in [0.15, 0.2) is 11.5 Å². The number of nitrogens with one attached hydrogen (secondary N) is 1. The maximum Gasteiger partial charge on any atom is 0.251 e. The summed E-state index contributed by atoms with van der Waals surface area (Å²) in [4.78, 5) is 17.6. The van der Waals surface area contributed by atoms with Crippen molar-refractivity contribution >= 4 is 16.9 Å². The molecule has 0 spiro atoms. The Morgan fingerprint density at radius 2 is 1.50 bits per heavy atom. The minimum atomic E-state index is -0.178. The fourth-order valence-electron chi connectivity index (χ4n) is 4.60. The van der Waals surface area contributed by atoms with E-state index in [2.05, 4.69) is 28.1 Å². The number of nitrogens with zero attached hydrogens (tertiary/aromatic N) is 2. The molecule has 0 saturated carbocycles. The molecule has 0 atom stereocenters. The van der Waals surface area contributed by atoms with Crippen molar-refractivity contribution in [1.82, 2.24) is 14.9 Å². The van der Waals surface area contributed by atoms with Gasteiger partial charge in [0.05, 0.1) is 46.0 Å². The lowest BCUT2D eigenvalue weighted by molar-refractivity contribution is 0.0952. The molecule has 1 amide bonds. The Bertz CT molecular complexity index is 1360. The Hall–Kier alpha value is -4.20. The quantitative estimate of drug-likeness (QED) is 0.244. The lowest BCUT2D eigenvalue weighted by atomic mass is 10.1. The Morgan fingerprint density at radius 1 is 0.816 bits per heavy atom. The number of carbonyl (C=O) groups excluding carboxylic acids is 1. The van der Waals surface area contributed by atoms with E-state index in [1.165, 1.54) is 21.3 Å². The molecule has 38 heavy (non-hydrogen) atoms. The predicted octanol–water partition coefficient (Wildman–Crippen LogP) is 5.26. The lowest BCUT2D eigenvalue weighted by Gasteiger charge is -2.14. The molecule has 0 aliphatic carbocycles. The Labute approximate surface area is 223 Å². The second-order valence-electron chi connectivity index (χ2n) is 8.90. The van der Waals surface area contributed by atoms with Gasteiger partial charge in [0.25, 0.3) is 5.91 Å². The number of aryl methyl sites for hydroxylation is 1. The van der Waals surface area contributed by atoms with Gasteiger partial charge in [-0.1, -0.05) is 36.8 Å². The van der Waals surface area contributed by atoms with Crippen molar-refractivity contribution in [2.75, 3.05) is 35.0 Å². The highest BCUT2D eigenvalue weighted by Gasteiger charge is 2.17. The van der Waals surface area contributed by atoms with Crippen LogP contribution < -0.4 is 24.3 Å². The van der Waals surface area contributed by atoms with Gasteiger partial charge >= 0.3 is 0 Å². The van der Waals surface area contributed by atoms with E-state index in [1.54, 1.807) is 19.2 Å². The third-order valence-electron chi connectivity index (χ3n) is 6.54. The van der Waals surface area contributed by atoms with Crippen LogP contribution in [0.1, 0.15) is 41.0 Å². The summed E-state index contributed by atoms with van der Waals surface area (Å²) in [5.41, 5.74) is 3.69. The van der Waals surface area contributed by atoms with E-state index in [0.717, 1.165) is 53.9 Å². The molecular formula is C30H35N3O5. The highest BCUT2D eigenvalue weighted by atomic mass is 16.5. The van der Waals surface area contributed by atoms with E-state index >= 15 is 0 Å². The van der Waals surface area contributed by atoms with Crippen molar-refractivity contribution in [3.63, 3.8) is 0 Å². The van der Waals surface area contributed by atoms with Crippen LogP contribution in [0.15, 0.2) is 60.7 Å². The van der Waals surface area contributed by atoms with Gasteiger partial charge in [-0.15, -0.1) is 0 Å². The first-order valence-corrected chi connectivity index (χ1v) is 12.7. The number of para-hydroxylation sites is 3. The van der Waals surface area contributed by atoms with Crippen molar-refractivity contribution < 1.29 is 23.7 Å². The zero-order chi connectivity index (χ0) is 26.9. The first-order chi connectivity index (χ1) is 18.6. The number of hydrogen-bond acceptors (Lipinski definition) is 6. The standard InChI is InChI=1S/C30H35N3O5/c1-35-25-15-10-7-12-21(25)20-33-24-14-9-8-13-23(24)32-28(33)16-6-5-11-17-31-30(34)22-18-26(36-2)29(38-4)27(19-22)37-3/h7-10,12-15,18-19H,5-6,11,16-17,20H2,1-4H3,(H,31,34). The Morgan fingerprint density at radius 3 is 2.21 bits per heavy atom. The van der Waals surface area contributed by atoms with Gasteiger partial charge in [0.2, 0.25) is 5.75 Å². The van der Waals surface area contributed by atoms with Gasteiger partial charge in [-0.3, -0.25) is 4.79 Å². The van der Waals surface area contributed by atoms with E-state index in [1.807, 2.05) is 30.3 Å². The van der Waals surface area contributed by atoms with Crippen molar-refractivity contribution in [2.45, 2.75) is 32.2 Å². The summed E-state index contributed by atoms with van der Waals surface area (Å²) in [6, 6.07) is 19.6. The number of amides is 1. The van der Waals surface area contributed by atoms with Crippen molar-refractivity contribution in [3.8, 4) is 23.0 Å². The van der Waals surface area contributed by atoms with Crippen LogP contribution in [-0.2, 0) is 13.0 Å². The summed E-state index contributed by atoms with van der Waals surface area (Å²) < 4.78 is 23.9. The van der Waals surface area contributed by atoms with E-state index < -0.39 is 0 Å². The summed E-state index contributed by atoms with van der Waals surface area (Å²) in [5, 5.41) is 2.99. The van der Waals surface area contributed by atoms with Crippen LogP contribution in [0.2, 0.25) is 0 Å². The molecule has 0 aliphatic rings. The summed E-state index contributed by atoms with van der Waals surface area (Å²) in [6.07, 6.45) is 3.65. The van der Waals surface area contributed by atoms with Crippen LogP contribution >= 0.6 is 0 Å². The number of unbranched alkanes of at least 4 members (excludes halogenated alkanes) is 2. The predicted molar refractivity (Wildman–Crippen MR) is 148 cm³/mol. The minimum absolute atomic E-state index is 0.178. The number of ether oxygens (including phenoxy) is 4. The second-order valence-corrected chi connectivity index (χ2v) is 8.90. The number of methoxy groups -OCH3 is 4. The number of benzene rings is 3. The summed E-state index contributed by atoms with van der Waals surface area (Å²) in [7, 11) is 6.30. The topological polar surface area (TPSA) is 83.8 Å². The zero-order valence-corrected chi connectivity index (χ0v) is 22.5. The Balaban J connectivity index is 1.34. The van der Waals surface area contributed by atoms with Gasteiger partial charge in [0, 0.05) is 24.1 Å². The molecule has 4 aromatic rings. The first kappa shape index (κ1) is 26.9. The maximum absolute atomic E-state index is 12.7. The smallest absolute Gasteiger partial charge is 0.251 e. The molecule has 3 aromatic carbocycles. The van der Waals surface area contributed by atoms with Gasteiger partial charge in [-0.2, -0.15) is 0 Å². The number of aromatic nitrogens is 2. The summed E-state index contributed by atoms with van der Waals surface area (Å²) >= 11 is 0. The van der Waals surface area contributed by atoms with Crippen molar-refractivity contribution in [1.29, 1.82) is 0 Å². The van der Waals surface area contributed by atoms with E-state index in [9.17, 15) is 4.79 Å². The van der Waals surface area contributed by atoms with Crippen molar-refractivity contribution in [3.05, 3.63) is 77.6 Å². The average molecular weight is 518 g/mol. The highest BCUT2D eigenvalue weighted by Crippen LogP contribution is 2.38. The molecule has 0 unspecified atom stereocenters. The van der Waals surface area contributed by atoms with Crippen LogP contribution in [0.25, 0.3) is 11.0 Å². The zero-order valence-electron chi connectivity index (χ0n) is 22.5. The molecule has 1 aromatic heterocycles. The fourth-order valence-corrected chi connectivity index (χ4v) is 4.60. The maximum atomic E-state index is 12.7.